The molecule has 206 valence electrons. The van der Waals surface area contributed by atoms with Gasteiger partial charge in [0.15, 0.2) is 0 Å². The van der Waals surface area contributed by atoms with E-state index in [0.29, 0.717) is 5.92 Å². The molecule has 1 saturated carbocycles. The van der Waals surface area contributed by atoms with Gasteiger partial charge in [0.1, 0.15) is 6.23 Å². The standard InChI is InChI=1S/C34H43N3O2/c1-2-34(29-12-5-3-6-13-29,30-14-7-4-8-15-30)33(39)35-21-10-22-37-23-19-26(20-24-37)28-11-9-16-31(25-28)36-32(38)27-17-18-27/h3-9,11-16,25-27,33,35,39H,2,10,17-24H2,1H3,(H,36,38). The minimum absolute atomic E-state index is 0.171. The molecule has 3 N–H and O–H groups in total. The molecule has 0 radical (unpaired) electrons. The Kier molecular flexibility index (Phi) is 9.13. The summed E-state index contributed by atoms with van der Waals surface area (Å²) < 4.78 is 0. The molecular formula is C34H43N3O2. The zero-order chi connectivity index (χ0) is 27.1. The van der Waals surface area contributed by atoms with Crippen LogP contribution in [0.2, 0.25) is 0 Å². The molecular weight excluding hydrogens is 482 g/mol. The summed E-state index contributed by atoms with van der Waals surface area (Å²) in [5.41, 5.74) is 4.05. The van der Waals surface area contributed by atoms with Crippen LogP contribution in [0, 0.1) is 5.92 Å². The number of carbonyl (C=O) groups excluding carboxylic acids is 1. The van der Waals surface area contributed by atoms with Crippen LogP contribution < -0.4 is 10.6 Å². The van der Waals surface area contributed by atoms with Crippen molar-refractivity contribution >= 4 is 11.6 Å². The lowest BCUT2D eigenvalue weighted by atomic mass is 9.71. The molecule has 1 aliphatic heterocycles. The summed E-state index contributed by atoms with van der Waals surface area (Å²) in [6, 6.07) is 29.2. The van der Waals surface area contributed by atoms with Gasteiger partial charge in [-0.1, -0.05) is 79.7 Å². The molecule has 1 heterocycles. The number of anilines is 1. The SMILES string of the molecule is CCC(c1ccccc1)(c1ccccc1)C(O)NCCCN1CCC(c2cccc(NC(=O)C3CC3)c2)CC1. The van der Waals surface area contributed by atoms with Crippen molar-refractivity contribution in [3.63, 3.8) is 0 Å². The summed E-state index contributed by atoms with van der Waals surface area (Å²) >= 11 is 0. The second kappa shape index (κ2) is 12.9. The Morgan fingerprint density at radius 3 is 2.15 bits per heavy atom. The van der Waals surface area contributed by atoms with E-state index in [4.69, 9.17) is 0 Å². The predicted molar refractivity (Wildman–Crippen MR) is 159 cm³/mol. The number of hydrogen-bond acceptors (Lipinski definition) is 4. The molecule has 2 aliphatic rings. The average Bonchev–Trinajstić information content (AvgIpc) is 3.84. The maximum Gasteiger partial charge on any atom is 0.227 e. The number of carbonyl (C=O) groups is 1. The number of benzene rings is 3. The van der Waals surface area contributed by atoms with Gasteiger partial charge in [0, 0.05) is 11.6 Å². The summed E-state index contributed by atoms with van der Waals surface area (Å²) in [5, 5.41) is 18.1. The number of rotatable bonds is 12. The van der Waals surface area contributed by atoms with E-state index in [2.05, 4.69) is 89.2 Å². The van der Waals surface area contributed by atoms with Gasteiger partial charge in [-0.3, -0.25) is 10.1 Å². The molecule has 5 rings (SSSR count). The number of hydrogen-bond donors (Lipinski definition) is 3. The van der Waals surface area contributed by atoms with Gasteiger partial charge in [0.2, 0.25) is 5.91 Å². The van der Waals surface area contributed by atoms with Crippen molar-refractivity contribution in [3.05, 3.63) is 102 Å². The minimum atomic E-state index is -0.675. The third kappa shape index (κ3) is 6.60. The highest BCUT2D eigenvalue weighted by atomic mass is 16.3. The van der Waals surface area contributed by atoms with E-state index in [1.165, 1.54) is 5.56 Å². The lowest BCUT2D eigenvalue weighted by Gasteiger charge is -2.39. The van der Waals surface area contributed by atoms with Crippen molar-refractivity contribution in [3.8, 4) is 0 Å². The molecule has 0 spiro atoms. The van der Waals surface area contributed by atoms with Crippen molar-refractivity contribution < 1.29 is 9.90 Å². The molecule has 1 aliphatic carbocycles. The van der Waals surface area contributed by atoms with E-state index >= 15 is 0 Å². The molecule has 39 heavy (non-hydrogen) atoms. The highest BCUT2D eigenvalue weighted by molar-refractivity contribution is 5.94. The lowest BCUT2D eigenvalue weighted by molar-refractivity contribution is -0.117. The first-order chi connectivity index (χ1) is 19.1. The van der Waals surface area contributed by atoms with Gasteiger partial charge in [-0.25, -0.2) is 0 Å². The molecule has 3 aromatic carbocycles. The van der Waals surface area contributed by atoms with Crippen LogP contribution in [0.15, 0.2) is 84.9 Å². The van der Waals surface area contributed by atoms with Crippen LogP contribution in [0.3, 0.4) is 0 Å². The van der Waals surface area contributed by atoms with Gasteiger partial charge >= 0.3 is 0 Å². The summed E-state index contributed by atoms with van der Waals surface area (Å²) in [7, 11) is 0. The second-order valence-electron chi connectivity index (χ2n) is 11.3. The first kappa shape index (κ1) is 27.6. The van der Waals surface area contributed by atoms with Crippen molar-refractivity contribution in [1.29, 1.82) is 0 Å². The number of aliphatic hydroxyl groups excluding tert-OH is 1. The quantitative estimate of drug-likeness (QED) is 0.203. The van der Waals surface area contributed by atoms with Gasteiger partial charge in [0.25, 0.3) is 0 Å². The van der Waals surface area contributed by atoms with Gasteiger partial charge in [0.05, 0.1) is 5.41 Å². The Hall–Kier alpha value is -2.99. The fourth-order valence-corrected chi connectivity index (χ4v) is 6.22. The van der Waals surface area contributed by atoms with Gasteiger partial charge in [-0.2, -0.15) is 0 Å². The Bertz CT molecular complexity index is 1150. The first-order valence-corrected chi connectivity index (χ1v) is 14.8. The number of nitrogens with one attached hydrogen (secondary N) is 2. The lowest BCUT2D eigenvalue weighted by Crippen LogP contribution is -2.49. The number of nitrogens with zero attached hydrogens (tertiary/aromatic N) is 1. The monoisotopic (exact) mass is 525 g/mol. The Morgan fingerprint density at radius 2 is 1.56 bits per heavy atom. The maximum atomic E-state index is 12.2. The fourth-order valence-electron chi connectivity index (χ4n) is 6.22. The van der Waals surface area contributed by atoms with Crippen LogP contribution in [0.4, 0.5) is 5.69 Å². The van der Waals surface area contributed by atoms with Crippen molar-refractivity contribution in [2.24, 2.45) is 5.92 Å². The molecule has 1 saturated heterocycles. The predicted octanol–water partition coefficient (Wildman–Crippen LogP) is 5.91. The Balaban J connectivity index is 1.11. The van der Waals surface area contributed by atoms with Gasteiger partial charge in [-0.05, 0) is 99.4 Å². The van der Waals surface area contributed by atoms with E-state index in [1.807, 2.05) is 18.2 Å². The van der Waals surface area contributed by atoms with Crippen LogP contribution in [-0.4, -0.2) is 48.3 Å². The van der Waals surface area contributed by atoms with Crippen molar-refractivity contribution in [1.82, 2.24) is 10.2 Å². The largest absolute Gasteiger partial charge is 0.377 e. The van der Waals surface area contributed by atoms with Crippen molar-refractivity contribution in [2.75, 3.05) is 31.5 Å². The highest BCUT2D eigenvalue weighted by Crippen LogP contribution is 2.38. The van der Waals surface area contributed by atoms with Crippen LogP contribution in [0.1, 0.15) is 68.1 Å². The zero-order valence-corrected chi connectivity index (χ0v) is 23.2. The fraction of sp³-hybridized carbons (Fsp3) is 0.441. The van der Waals surface area contributed by atoms with E-state index in [-0.39, 0.29) is 11.8 Å². The first-order valence-electron chi connectivity index (χ1n) is 14.8. The molecule has 1 amide bonds. The van der Waals surface area contributed by atoms with E-state index in [1.54, 1.807) is 0 Å². The average molecular weight is 526 g/mol. The van der Waals surface area contributed by atoms with Crippen LogP contribution in [0.5, 0.6) is 0 Å². The summed E-state index contributed by atoms with van der Waals surface area (Å²) in [6.07, 6.45) is 5.44. The zero-order valence-electron chi connectivity index (χ0n) is 23.2. The van der Waals surface area contributed by atoms with Crippen LogP contribution >= 0.6 is 0 Å². The van der Waals surface area contributed by atoms with Gasteiger partial charge in [-0.15, -0.1) is 0 Å². The maximum absolute atomic E-state index is 12.2. The van der Waals surface area contributed by atoms with Crippen molar-refractivity contribution in [2.45, 2.75) is 63.0 Å². The molecule has 1 atom stereocenters. The summed E-state index contributed by atoms with van der Waals surface area (Å²) in [5.74, 6) is 0.938. The third-order valence-corrected chi connectivity index (χ3v) is 8.75. The number of amides is 1. The molecule has 1 unspecified atom stereocenters. The molecule has 0 aromatic heterocycles. The van der Waals surface area contributed by atoms with Gasteiger partial charge < -0.3 is 15.3 Å². The molecule has 3 aromatic rings. The number of piperidine rings is 1. The molecule has 2 fully saturated rings. The van der Waals surface area contributed by atoms with E-state index in [0.717, 1.165) is 81.5 Å². The van der Waals surface area contributed by atoms with Crippen LogP contribution in [-0.2, 0) is 10.2 Å². The smallest absolute Gasteiger partial charge is 0.227 e. The van der Waals surface area contributed by atoms with E-state index in [9.17, 15) is 9.90 Å². The highest BCUT2D eigenvalue weighted by Gasteiger charge is 2.39. The summed E-state index contributed by atoms with van der Waals surface area (Å²) in [4.78, 5) is 14.7. The normalized spacial score (nSPS) is 17.6. The number of aliphatic hydroxyl groups is 1. The molecule has 5 heteroatoms. The third-order valence-electron chi connectivity index (χ3n) is 8.75. The molecule has 5 nitrogen and oxygen atoms in total. The molecule has 0 bridgehead atoms. The Labute approximate surface area is 233 Å². The minimum Gasteiger partial charge on any atom is -0.377 e. The number of likely N-dealkylation sites (tertiary alicyclic amines) is 1. The Morgan fingerprint density at radius 1 is 0.923 bits per heavy atom. The van der Waals surface area contributed by atoms with E-state index < -0.39 is 11.6 Å². The topological polar surface area (TPSA) is 64.6 Å². The second-order valence-corrected chi connectivity index (χ2v) is 11.3. The summed E-state index contributed by atoms with van der Waals surface area (Å²) in [6.45, 7) is 6.12. The van der Waals surface area contributed by atoms with Crippen LogP contribution in [0.25, 0.3) is 0 Å².